The Morgan fingerprint density at radius 2 is 1.80 bits per heavy atom. The summed E-state index contributed by atoms with van der Waals surface area (Å²) in [5, 5.41) is 0.663. The summed E-state index contributed by atoms with van der Waals surface area (Å²) in [6.07, 6.45) is 0. The zero-order chi connectivity index (χ0) is 11.6. The summed E-state index contributed by atoms with van der Waals surface area (Å²) in [6, 6.07) is 3.04. The average Bonchev–Trinajstić information content (AvgIpc) is 2.18. The largest absolute Gasteiger partial charge is 0.425 e. The highest BCUT2D eigenvalue weighted by atomic mass is 35.5. The number of esters is 1. The van der Waals surface area contributed by atoms with Crippen LogP contribution in [0.4, 0.5) is 0 Å². The zero-order valence-electron chi connectivity index (χ0n) is 8.18. The van der Waals surface area contributed by atoms with Gasteiger partial charge in [-0.05, 0) is 12.1 Å². The normalized spacial score (nSPS) is 10.5. The Morgan fingerprint density at radius 1 is 1.20 bits per heavy atom. The fourth-order valence-corrected chi connectivity index (χ4v) is 1.38. The van der Waals surface area contributed by atoms with Gasteiger partial charge in [0.15, 0.2) is 5.75 Å². The first-order chi connectivity index (χ1) is 6.93. The molecule has 15 heavy (non-hydrogen) atoms. The van der Waals surface area contributed by atoms with Crippen molar-refractivity contribution < 1.29 is 9.53 Å². The Labute approximate surface area is 103 Å². The first-order valence-electron chi connectivity index (χ1n) is 4.28. The van der Waals surface area contributed by atoms with Gasteiger partial charge in [-0.15, -0.1) is 0 Å². The average molecular weight is 268 g/mol. The van der Waals surface area contributed by atoms with Crippen molar-refractivity contribution in [3.8, 4) is 5.75 Å². The van der Waals surface area contributed by atoms with Gasteiger partial charge in [0.05, 0.1) is 16.0 Å². The Hall–Kier alpha value is -0.440. The minimum atomic E-state index is -0.365. The molecule has 0 aliphatic rings. The van der Waals surface area contributed by atoms with Crippen LogP contribution in [0.5, 0.6) is 5.75 Å². The van der Waals surface area contributed by atoms with E-state index >= 15 is 0 Å². The van der Waals surface area contributed by atoms with E-state index in [1.54, 1.807) is 13.8 Å². The fraction of sp³-hybridized carbons (Fsp3) is 0.300. The standard InChI is InChI=1S/C10H9Cl3O2/c1-5(2)10(14)15-7-4-3-6(11)8(12)9(7)13/h3-5H,1-2H3. The molecule has 1 aromatic rings. The van der Waals surface area contributed by atoms with Gasteiger partial charge in [-0.25, -0.2) is 0 Å². The Bertz CT molecular complexity index is 388. The summed E-state index contributed by atoms with van der Waals surface area (Å²) in [6.45, 7) is 3.46. The highest BCUT2D eigenvalue weighted by molar-refractivity contribution is 6.48. The number of hydrogen-bond donors (Lipinski definition) is 0. The van der Waals surface area contributed by atoms with E-state index in [2.05, 4.69) is 0 Å². The molecule has 0 radical (unpaired) electrons. The predicted molar refractivity (Wildman–Crippen MR) is 61.9 cm³/mol. The van der Waals surface area contributed by atoms with Gasteiger partial charge in [-0.3, -0.25) is 4.79 Å². The summed E-state index contributed by atoms with van der Waals surface area (Å²) < 4.78 is 5.03. The van der Waals surface area contributed by atoms with Crippen LogP contribution in [0.1, 0.15) is 13.8 Å². The fourth-order valence-electron chi connectivity index (χ4n) is 0.813. The van der Waals surface area contributed by atoms with Crippen molar-refractivity contribution in [3.05, 3.63) is 27.2 Å². The molecule has 0 heterocycles. The van der Waals surface area contributed by atoms with Crippen LogP contribution in [0.15, 0.2) is 12.1 Å². The topological polar surface area (TPSA) is 26.3 Å². The molecule has 0 saturated heterocycles. The Kier molecular flexibility index (Phi) is 4.26. The maximum Gasteiger partial charge on any atom is 0.313 e. The van der Waals surface area contributed by atoms with Crippen LogP contribution in [0.2, 0.25) is 15.1 Å². The van der Waals surface area contributed by atoms with Crippen molar-refractivity contribution in [1.82, 2.24) is 0 Å². The maximum atomic E-state index is 11.3. The summed E-state index contributed by atoms with van der Waals surface area (Å²) in [5.41, 5.74) is 0. The van der Waals surface area contributed by atoms with Crippen molar-refractivity contribution in [1.29, 1.82) is 0 Å². The molecule has 0 aromatic heterocycles. The third-order valence-electron chi connectivity index (χ3n) is 1.68. The van der Waals surface area contributed by atoms with E-state index < -0.39 is 0 Å². The van der Waals surface area contributed by atoms with E-state index in [9.17, 15) is 4.79 Å². The molecule has 0 amide bonds. The molecule has 0 bridgehead atoms. The van der Waals surface area contributed by atoms with E-state index in [1.165, 1.54) is 12.1 Å². The predicted octanol–water partition coefficient (Wildman–Crippen LogP) is 4.21. The van der Waals surface area contributed by atoms with Crippen LogP contribution in [0.25, 0.3) is 0 Å². The van der Waals surface area contributed by atoms with Gasteiger partial charge < -0.3 is 4.74 Å². The van der Waals surface area contributed by atoms with E-state index in [4.69, 9.17) is 39.5 Å². The van der Waals surface area contributed by atoms with Gasteiger partial charge in [-0.2, -0.15) is 0 Å². The molecule has 82 valence electrons. The van der Waals surface area contributed by atoms with Crippen LogP contribution in [0.3, 0.4) is 0 Å². The van der Waals surface area contributed by atoms with Crippen LogP contribution < -0.4 is 4.74 Å². The van der Waals surface area contributed by atoms with Gasteiger partial charge in [0.1, 0.15) is 5.02 Å². The molecular weight excluding hydrogens is 258 g/mol. The van der Waals surface area contributed by atoms with Crippen LogP contribution >= 0.6 is 34.8 Å². The molecule has 0 saturated carbocycles. The van der Waals surface area contributed by atoms with Gasteiger partial charge in [-0.1, -0.05) is 48.7 Å². The minimum Gasteiger partial charge on any atom is -0.425 e. The van der Waals surface area contributed by atoms with Gasteiger partial charge >= 0.3 is 5.97 Å². The minimum absolute atomic E-state index is 0.151. The van der Waals surface area contributed by atoms with Crippen LogP contribution in [-0.2, 0) is 4.79 Å². The number of halogens is 3. The first-order valence-corrected chi connectivity index (χ1v) is 5.42. The van der Waals surface area contributed by atoms with Crippen LogP contribution in [0, 0.1) is 5.92 Å². The van der Waals surface area contributed by atoms with Gasteiger partial charge in [0, 0.05) is 0 Å². The lowest BCUT2D eigenvalue weighted by atomic mass is 10.2. The molecule has 0 fully saturated rings. The number of carbonyl (C=O) groups is 1. The summed E-state index contributed by atoms with van der Waals surface area (Å²) >= 11 is 17.4. The Morgan fingerprint density at radius 3 is 2.33 bits per heavy atom. The quantitative estimate of drug-likeness (QED) is 0.456. The van der Waals surface area contributed by atoms with E-state index in [0.29, 0.717) is 5.02 Å². The molecule has 1 aromatic carbocycles. The molecular formula is C10H9Cl3O2. The number of rotatable bonds is 2. The second-order valence-corrected chi connectivity index (χ2v) is 4.41. The second-order valence-electron chi connectivity index (χ2n) is 3.25. The zero-order valence-corrected chi connectivity index (χ0v) is 10.5. The lowest BCUT2D eigenvalue weighted by Crippen LogP contribution is -2.14. The van der Waals surface area contributed by atoms with E-state index in [1.807, 2.05) is 0 Å². The molecule has 2 nitrogen and oxygen atoms in total. The highest BCUT2D eigenvalue weighted by Crippen LogP contribution is 2.37. The number of benzene rings is 1. The monoisotopic (exact) mass is 266 g/mol. The van der Waals surface area contributed by atoms with Gasteiger partial charge in [0.2, 0.25) is 0 Å². The molecule has 0 aliphatic carbocycles. The summed E-state index contributed by atoms with van der Waals surface area (Å²) in [7, 11) is 0. The SMILES string of the molecule is CC(C)C(=O)Oc1ccc(Cl)c(Cl)c1Cl. The number of ether oxygens (including phenoxy) is 1. The second kappa shape index (κ2) is 5.06. The summed E-state index contributed by atoms with van der Waals surface area (Å²) in [4.78, 5) is 11.3. The molecule has 0 aliphatic heterocycles. The Balaban J connectivity index is 2.97. The van der Waals surface area contributed by atoms with E-state index in [-0.39, 0.29) is 27.7 Å². The van der Waals surface area contributed by atoms with Gasteiger partial charge in [0.25, 0.3) is 0 Å². The molecule has 0 atom stereocenters. The third kappa shape index (κ3) is 3.00. The maximum absolute atomic E-state index is 11.3. The smallest absolute Gasteiger partial charge is 0.313 e. The lowest BCUT2D eigenvalue weighted by Gasteiger charge is -2.09. The molecule has 1 rings (SSSR count). The highest BCUT2D eigenvalue weighted by Gasteiger charge is 2.15. The first kappa shape index (κ1) is 12.6. The lowest BCUT2D eigenvalue weighted by molar-refractivity contribution is -0.137. The van der Waals surface area contributed by atoms with Crippen molar-refractivity contribution in [3.63, 3.8) is 0 Å². The van der Waals surface area contributed by atoms with Crippen LogP contribution in [-0.4, -0.2) is 5.97 Å². The van der Waals surface area contributed by atoms with Crippen molar-refractivity contribution >= 4 is 40.8 Å². The molecule has 5 heteroatoms. The summed E-state index contributed by atoms with van der Waals surface area (Å²) in [5.74, 6) is -0.365. The molecule has 0 spiro atoms. The molecule has 0 N–H and O–H groups in total. The van der Waals surface area contributed by atoms with E-state index in [0.717, 1.165) is 0 Å². The van der Waals surface area contributed by atoms with Crippen molar-refractivity contribution in [2.45, 2.75) is 13.8 Å². The molecule has 0 unspecified atom stereocenters. The number of hydrogen-bond acceptors (Lipinski definition) is 2. The third-order valence-corrected chi connectivity index (χ3v) is 2.96. The van der Waals surface area contributed by atoms with Crippen molar-refractivity contribution in [2.24, 2.45) is 5.92 Å². The number of carbonyl (C=O) groups excluding carboxylic acids is 1. The van der Waals surface area contributed by atoms with Crippen molar-refractivity contribution in [2.75, 3.05) is 0 Å².